The fourth-order valence-corrected chi connectivity index (χ4v) is 1.30. The summed E-state index contributed by atoms with van der Waals surface area (Å²) in [7, 11) is 0. The molecule has 2 heteroatoms. The molecule has 1 saturated heterocycles. The van der Waals surface area contributed by atoms with Crippen molar-refractivity contribution in [3.63, 3.8) is 0 Å². The third-order valence-corrected chi connectivity index (χ3v) is 1.63. The lowest BCUT2D eigenvalue weighted by molar-refractivity contribution is -0.504. The molecule has 0 N–H and O–H groups in total. The Kier molecular flexibility index (Phi) is 2.07. The van der Waals surface area contributed by atoms with E-state index < -0.39 is 5.67 Å². The summed E-state index contributed by atoms with van der Waals surface area (Å²) in [5.41, 5.74) is -1.13. The minimum Gasteiger partial charge on any atom is -0.237 e. The normalized spacial score (nSPS) is 19.7. The van der Waals surface area contributed by atoms with Crippen LogP contribution in [0.2, 0.25) is 0 Å². The minimum atomic E-state index is -1.13. The van der Waals surface area contributed by atoms with Gasteiger partial charge >= 0.3 is 0 Å². The molecule has 0 aromatic rings. The molecule has 1 aliphatic rings. The molecule has 0 atom stereocenters. The van der Waals surface area contributed by atoms with Crippen molar-refractivity contribution in [3.8, 4) is 0 Å². The summed E-state index contributed by atoms with van der Waals surface area (Å²) in [5, 5.41) is 0. The first-order chi connectivity index (χ1) is 4.58. The average Bonchev–Trinajstić information content (AvgIpc) is 2.12. The number of nitrogens with zero attached hydrogens (tertiary/aromatic N) is 1. The first kappa shape index (κ1) is 7.70. The van der Waals surface area contributed by atoms with Gasteiger partial charge < -0.3 is 0 Å². The molecule has 10 heavy (non-hydrogen) atoms. The third-order valence-electron chi connectivity index (χ3n) is 1.63. The van der Waals surface area contributed by atoms with Gasteiger partial charge in [0.2, 0.25) is 0 Å². The summed E-state index contributed by atoms with van der Waals surface area (Å²) in [5.74, 6) is 0. The Morgan fingerprint density at radius 1 is 1.30 bits per heavy atom. The predicted molar refractivity (Wildman–Crippen MR) is 40.5 cm³/mol. The second-order valence-corrected chi connectivity index (χ2v) is 3.44. The molecule has 58 valence electrons. The predicted octanol–water partition coefficient (Wildman–Crippen LogP) is 1.61. The molecule has 1 fully saturated rings. The van der Waals surface area contributed by atoms with Crippen LogP contribution in [0.15, 0.2) is 0 Å². The molecule has 0 amide bonds. The molecule has 0 aromatic carbocycles. The molecular formula is C8H15FN+. The van der Waals surface area contributed by atoms with Crippen LogP contribution in [0.4, 0.5) is 4.39 Å². The van der Waals surface area contributed by atoms with Crippen LogP contribution in [0.1, 0.15) is 26.7 Å². The summed E-state index contributed by atoms with van der Waals surface area (Å²) in [6, 6.07) is 0. The van der Waals surface area contributed by atoms with E-state index in [1.165, 1.54) is 12.8 Å². The fourth-order valence-electron chi connectivity index (χ4n) is 1.30. The van der Waals surface area contributed by atoms with Gasteiger partial charge in [-0.15, -0.1) is 0 Å². The second-order valence-electron chi connectivity index (χ2n) is 3.44. The van der Waals surface area contributed by atoms with Crippen molar-refractivity contribution >= 4 is 6.21 Å². The Labute approximate surface area is 61.6 Å². The van der Waals surface area contributed by atoms with Crippen molar-refractivity contribution < 1.29 is 8.97 Å². The zero-order chi connectivity index (χ0) is 7.61. The molecule has 1 heterocycles. The van der Waals surface area contributed by atoms with Crippen LogP contribution in [0.25, 0.3) is 0 Å². The highest BCUT2D eigenvalue weighted by molar-refractivity contribution is 5.61. The summed E-state index contributed by atoms with van der Waals surface area (Å²) >= 11 is 0. The van der Waals surface area contributed by atoms with E-state index in [9.17, 15) is 4.39 Å². The molecule has 0 radical (unpaired) electrons. The average molecular weight is 144 g/mol. The van der Waals surface area contributed by atoms with Gasteiger partial charge in [0.15, 0.2) is 11.9 Å². The molecule has 0 saturated carbocycles. The molecule has 0 spiro atoms. The maximum atomic E-state index is 12.9. The zero-order valence-corrected chi connectivity index (χ0v) is 6.73. The Balaban J connectivity index is 2.53. The SMILES string of the molecule is CC(C)(F)C=[N+]1CCCC1. The highest BCUT2D eigenvalue weighted by Gasteiger charge is 2.21. The molecular weight excluding hydrogens is 129 g/mol. The minimum absolute atomic E-state index is 1.04. The van der Waals surface area contributed by atoms with E-state index in [-0.39, 0.29) is 0 Å². The molecule has 0 aromatic heterocycles. The zero-order valence-electron chi connectivity index (χ0n) is 6.73. The quantitative estimate of drug-likeness (QED) is 0.492. The van der Waals surface area contributed by atoms with Gasteiger partial charge in [0, 0.05) is 12.8 Å². The molecule has 0 aliphatic carbocycles. The van der Waals surface area contributed by atoms with Crippen LogP contribution in [0, 0.1) is 0 Å². The molecule has 0 unspecified atom stereocenters. The van der Waals surface area contributed by atoms with Gasteiger partial charge in [-0.05, 0) is 13.8 Å². The van der Waals surface area contributed by atoms with Crippen LogP contribution < -0.4 is 0 Å². The monoisotopic (exact) mass is 144 g/mol. The van der Waals surface area contributed by atoms with Crippen molar-refractivity contribution in [2.24, 2.45) is 0 Å². The van der Waals surface area contributed by atoms with Gasteiger partial charge in [0.1, 0.15) is 13.1 Å². The summed E-state index contributed by atoms with van der Waals surface area (Å²) in [4.78, 5) is 0. The van der Waals surface area contributed by atoms with Gasteiger partial charge in [-0.2, -0.15) is 0 Å². The van der Waals surface area contributed by atoms with Crippen LogP contribution in [-0.2, 0) is 0 Å². The van der Waals surface area contributed by atoms with E-state index in [1.54, 1.807) is 20.1 Å². The molecule has 1 rings (SSSR count). The summed E-state index contributed by atoms with van der Waals surface area (Å²) in [6.45, 7) is 5.25. The number of halogens is 1. The Morgan fingerprint density at radius 2 is 1.80 bits per heavy atom. The molecule has 1 aliphatic heterocycles. The summed E-state index contributed by atoms with van der Waals surface area (Å²) < 4.78 is 15.0. The van der Waals surface area contributed by atoms with Crippen molar-refractivity contribution in [2.75, 3.05) is 13.1 Å². The Bertz CT molecular complexity index is 136. The lowest BCUT2D eigenvalue weighted by Gasteiger charge is -2.03. The maximum Gasteiger partial charge on any atom is 0.181 e. The Hall–Kier alpha value is -0.400. The van der Waals surface area contributed by atoms with E-state index >= 15 is 0 Å². The second kappa shape index (κ2) is 2.69. The maximum absolute atomic E-state index is 12.9. The van der Waals surface area contributed by atoms with E-state index in [0.29, 0.717) is 0 Å². The highest BCUT2D eigenvalue weighted by Crippen LogP contribution is 2.07. The lowest BCUT2D eigenvalue weighted by Crippen LogP contribution is -2.22. The van der Waals surface area contributed by atoms with Gasteiger partial charge in [0.25, 0.3) is 0 Å². The molecule has 1 nitrogen and oxygen atoms in total. The Morgan fingerprint density at radius 3 is 2.20 bits per heavy atom. The number of alkyl halides is 1. The first-order valence-corrected chi connectivity index (χ1v) is 3.87. The fraction of sp³-hybridized carbons (Fsp3) is 0.875. The van der Waals surface area contributed by atoms with Gasteiger partial charge in [-0.1, -0.05) is 0 Å². The third kappa shape index (κ3) is 2.46. The van der Waals surface area contributed by atoms with Crippen molar-refractivity contribution in [3.05, 3.63) is 0 Å². The van der Waals surface area contributed by atoms with E-state index in [4.69, 9.17) is 0 Å². The summed E-state index contributed by atoms with van der Waals surface area (Å²) in [6.07, 6.45) is 4.12. The highest BCUT2D eigenvalue weighted by atomic mass is 19.1. The van der Waals surface area contributed by atoms with Crippen LogP contribution in [0.5, 0.6) is 0 Å². The van der Waals surface area contributed by atoms with Crippen molar-refractivity contribution in [2.45, 2.75) is 32.4 Å². The first-order valence-electron chi connectivity index (χ1n) is 3.87. The number of hydrogen-bond acceptors (Lipinski definition) is 0. The van der Waals surface area contributed by atoms with Crippen LogP contribution in [0.3, 0.4) is 0 Å². The van der Waals surface area contributed by atoms with Crippen LogP contribution in [-0.4, -0.2) is 29.5 Å². The number of hydrogen-bond donors (Lipinski definition) is 0. The largest absolute Gasteiger partial charge is 0.237 e. The molecule has 0 bridgehead atoms. The lowest BCUT2D eigenvalue weighted by atomic mass is 10.2. The number of rotatable bonds is 1. The van der Waals surface area contributed by atoms with Crippen LogP contribution >= 0.6 is 0 Å². The standard InChI is InChI=1S/C8H15FN/c1-8(2,9)7-10-5-3-4-6-10/h7H,3-6H2,1-2H3/q+1. The smallest absolute Gasteiger partial charge is 0.181 e. The van der Waals surface area contributed by atoms with E-state index in [1.807, 2.05) is 0 Å². The van der Waals surface area contributed by atoms with E-state index in [2.05, 4.69) is 4.58 Å². The topological polar surface area (TPSA) is 3.01 Å². The van der Waals surface area contributed by atoms with Crippen molar-refractivity contribution in [1.82, 2.24) is 0 Å². The van der Waals surface area contributed by atoms with E-state index in [0.717, 1.165) is 13.1 Å². The van der Waals surface area contributed by atoms with Gasteiger partial charge in [-0.25, -0.2) is 8.97 Å². The van der Waals surface area contributed by atoms with Gasteiger partial charge in [0.05, 0.1) is 0 Å². The van der Waals surface area contributed by atoms with Crippen molar-refractivity contribution in [1.29, 1.82) is 0 Å². The van der Waals surface area contributed by atoms with Gasteiger partial charge in [-0.3, -0.25) is 0 Å².